The van der Waals surface area contributed by atoms with Gasteiger partial charge in [-0.05, 0) is 42.9 Å². The summed E-state index contributed by atoms with van der Waals surface area (Å²) in [5, 5.41) is 3.57. The molecule has 3 atom stereocenters. The Balaban J connectivity index is 1.58. The number of fused-ring (bicyclic) bond motifs is 1. The molecule has 1 saturated heterocycles. The Labute approximate surface area is 135 Å². The van der Waals surface area contributed by atoms with Crippen LogP contribution >= 0.6 is 15.9 Å². The molecule has 1 aliphatic carbocycles. The molecule has 1 saturated carbocycles. The lowest BCUT2D eigenvalue weighted by Crippen LogP contribution is -2.43. The fourth-order valence-electron chi connectivity index (χ4n) is 3.72. The highest BCUT2D eigenvalue weighted by molar-refractivity contribution is 9.10. The van der Waals surface area contributed by atoms with Crippen LogP contribution in [-0.4, -0.2) is 29.9 Å². The average Bonchev–Trinajstić information content (AvgIpc) is 2.92. The molecule has 0 bridgehead atoms. The van der Waals surface area contributed by atoms with Gasteiger partial charge in [-0.3, -0.25) is 4.79 Å². The molecule has 21 heavy (non-hydrogen) atoms. The van der Waals surface area contributed by atoms with Crippen LogP contribution in [0.2, 0.25) is 0 Å². The summed E-state index contributed by atoms with van der Waals surface area (Å²) < 4.78 is 1.07. The first kappa shape index (κ1) is 15.0. The van der Waals surface area contributed by atoms with E-state index in [1.165, 1.54) is 31.2 Å². The standard InChI is InChI=1S/C17H23BrN2O/c1-20(11-12-6-8-14(18)9-7-12)17(21)16-10-13-4-2-3-5-15(13)19-16/h6-9,13,15-16,19H,2-5,10-11H2,1H3. The highest BCUT2D eigenvalue weighted by atomic mass is 79.9. The van der Waals surface area contributed by atoms with Gasteiger partial charge in [0.2, 0.25) is 5.91 Å². The van der Waals surface area contributed by atoms with Crippen molar-refractivity contribution in [1.29, 1.82) is 0 Å². The Morgan fingerprint density at radius 3 is 2.71 bits per heavy atom. The predicted octanol–water partition coefficient (Wildman–Crippen LogP) is 3.33. The van der Waals surface area contributed by atoms with E-state index >= 15 is 0 Å². The Kier molecular flexibility index (Phi) is 4.65. The number of carbonyl (C=O) groups excluding carboxylic acids is 1. The third-order valence-electron chi connectivity index (χ3n) is 4.87. The predicted molar refractivity (Wildman–Crippen MR) is 87.9 cm³/mol. The monoisotopic (exact) mass is 350 g/mol. The van der Waals surface area contributed by atoms with Crippen LogP contribution in [0.5, 0.6) is 0 Å². The van der Waals surface area contributed by atoms with E-state index in [0.29, 0.717) is 18.5 Å². The van der Waals surface area contributed by atoms with E-state index in [0.717, 1.165) is 10.9 Å². The van der Waals surface area contributed by atoms with Gasteiger partial charge in [-0.1, -0.05) is 40.9 Å². The second kappa shape index (κ2) is 6.49. The topological polar surface area (TPSA) is 32.3 Å². The van der Waals surface area contributed by atoms with Crippen LogP contribution in [0.3, 0.4) is 0 Å². The molecule has 1 aliphatic heterocycles. The van der Waals surface area contributed by atoms with Crippen molar-refractivity contribution in [2.24, 2.45) is 5.92 Å². The van der Waals surface area contributed by atoms with Crippen molar-refractivity contribution in [3.05, 3.63) is 34.3 Å². The van der Waals surface area contributed by atoms with Gasteiger partial charge in [0.1, 0.15) is 0 Å². The number of hydrogen-bond donors (Lipinski definition) is 1. The van der Waals surface area contributed by atoms with Gasteiger partial charge in [-0.15, -0.1) is 0 Å². The minimum Gasteiger partial charge on any atom is -0.340 e. The number of benzene rings is 1. The first-order valence-corrected chi connectivity index (χ1v) is 8.68. The lowest BCUT2D eigenvalue weighted by molar-refractivity contribution is -0.132. The van der Waals surface area contributed by atoms with E-state index < -0.39 is 0 Å². The van der Waals surface area contributed by atoms with E-state index in [4.69, 9.17) is 0 Å². The summed E-state index contributed by atoms with van der Waals surface area (Å²) in [5.74, 6) is 0.959. The molecule has 0 radical (unpaired) electrons. The number of carbonyl (C=O) groups is 1. The van der Waals surface area contributed by atoms with Gasteiger partial charge in [0.25, 0.3) is 0 Å². The molecule has 2 fully saturated rings. The van der Waals surface area contributed by atoms with Gasteiger partial charge in [0.15, 0.2) is 0 Å². The maximum atomic E-state index is 12.6. The van der Waals surface area contributed by atoms with Gasteiger partial charge >= 0.3 is 0 Å². The molecule has 4 heteroatoms. The summed E-state index contributed by atoms with van der Waals surface area (Å²) in [6.45, 7) is 0.680. The molecule has 1 N–H and O–H groups in total. The number of nitrogens with zero attached hydrogens (tertiary/aromatic N) is 1. The highest BCUT2D eigenvalue weighted by Gasteiger charge is 2.39. The first-order chi connectivity index (χ1) is 10.1. The minimum absolute atomic E-state index is 0.0264. The van der Waals surface area contributed by atoms with E-state index in [2.05, 4.69) is 33.4 Å². The van der Waals surface area contributed by atoms with E-state index in [1.807, 2.05) is 24.1 Å². The lowest BCUT2D eigenvalue weighted by Gasteiger charge is -2.24. The third kappa shape index (κ3) is 3.49. The molecule has 1 aromatic carbocycles. The van der Waals surface area contributed by atoms with Crippen molar-refractivity contribution in [1.82, 2.24) is 10.2 Å². The summed E-state index contributed by atoms with van der Waals surface area (Å²) in [6.07, 6.45) is 6.19. The zero-order valence-electron chi connectivity index (χ0n) is 12.5. The number of nitrogens with one attached hydrogen (secondary N) is 1. The molecular weight excluding hydrogens is 328 g/mol. The van der Waals surface area contributed by atoms with Crippen LogP contribution < -0.4 is 5.32 Å². The molecule has 3 rings (SSSR count). The zero-order chi connectivity index (χ0) is 14.8. The molecular formula is C17H23BrN2O. The molecule has 1 heterocycles. The first-order valence-electron chi connectivity index (χ1n) is 7.89. The van der Waals surface area contributed by atoms with Gasteiger partial charge < -0.3 is 10.2 Å². The highest BCUT2D eigenvalue weighted by Crippen LogP contribution is 2.33. The molecule has 114 valence electrons. The van der Waals surface area contributed by atoms with Crippen molar-refractivity contribution >= 4 is 21.8 Å². The molecule has 3 unspecified atom stereocenters. The normalized spacial score (nSPS) is 28.2. The fraction of sp³-hybridized carbons (Fsp3) is 0.588. The second-order valence-electron chi connectivity index (χ2n) is 6.43. The van der Waals surface area contributed by atoms with Crippen molar-refractivity contribution in [3.63, 3.8) is 0 Å². The third-order valence-corrected chi connectivity index (χ3v) is 5.40. The molecule has 0 aromatic heterocycles. The number of amides is 1. The van der Waals surface area contributed by atoms with Crippen LogP contribution in [0.4, 0.5) is 0 Å². The summed E-state index contributed by atoms with van der Waals surface area (Å²) >= 11 is 3.44. The van der Waals surface area contributed by atoms with Crippen LogP contribution in [0.1, 0.15) is 37.7 Å². The lowest BCUT2D eigenvalue weighted by atomic mass is 9.85. The average molecular weight is 351 g/mol. The number of halogens is 1. The smallest absolute Gasteiger partial charge is 0.239 e. The molecule has 1 aromatic rings. The van der Waals surface area contributed by atoms with Crippen LogP contribution in [-0.2, 0) is 11.3 Å². The quantitative estimate of drug-likeness (QED) is 0.906. The number of rotatable bonds is 3. The van der Waals surface area contributed by atoms with Crippen molar-refractivity contribution in [2.45, 2.75) is 50.7 Å². The van der Waals surface area contributed by atoms with E-state index in [1.54, 1.807) is 0 Å². The Morgan fingerprint density at radius 1 is 1.29 bits per heavy atom. The maximum absolute atomic E-state index is 12.6. The SMILES string of the molecule is CN(Cc1ccc(Br)cc1)C(=O)C1CC2CCCCC2N1. The maximum Gasteiger partial charge on any atom is 0.239 e. The molecule has 2 aliphatic rings. The van der Waals surface area contributed by atoms with Gasteiger partial charge in [-0.2, -0.15) is 0 Å². The van der Waals surface area contributed by atoms with Gasteiger partial charge in [0.05, 0.1) is 6.04 Å². The largest absolute Gasteiger partial charge is 0.340 e. The van der Waals surface area contributed by atoms with E-state index in [-0.39, 0.29) is 11.9 Å². The minimum atomic E-state index is 0.0264. The molecule has 3 nitrogen and oxygen atoms in total. The summed E-state index contributed by atoms with van der Waals surface area (Å²) in [6, 6.07) is 8.78. The summed E-state index contributed by atoms with van der Waals surface area (Å²) in [4.78, 5) is 14.5. The van der Waals surface area contributed by atoms with Crippen LogP contribution in [0.15, 0.2) is 28.7 Å². The summed E-state index contributed by atoms with van der Waals surface area (Å²) in [5.41, 5.74) is 1.17. The van der Waals surface area contributed by atoms with E-state index in [9.17, 15) is 4.79 Å². The molecule has 1 amide bonds. The van der Waals surface area contributed by atoms with Gasteiger partial charge in [-0.25, -0.2) is 0 Å². The van der Waals surface area contributed by atoms with Crippen LogP contribution in [0, 0.1) is 5.92 Å². The Morgan fingerprint density at radius 2 is 2.00 bits per heavy atom. The summed E-state index contributed by atoms with van der Waals surface area (Å²) in [7, 11) is 1.91. The number of likely N-dealkylation sites (N-methyl/N-ethyl adjacent to an activating group) is 1. The van der Waals surface area contributed by atoms with Crippen molar-refractivity contribution < 1.29 is 4.79 Å². The van der Waals surface area contributed by atoms with Gasteiger partial charge in [0, 0.05) is 24.1 Å². The van der Waals surface area contributed by atoms with Crippen LogP contribution in [0.25, 0.3) is 0 Å². The second-order valence-corrected chi connectivity index (χ2v) is 7.34. The molecule has 0 spiro atoms. The fourth-order valence-corrected chi connectivity index (χ4v) is 3.98. The number of hydrogen-bond acceptors (Lipinski definition) is 2. The van der Waals surface area contributed by atoms with Crippen molar-refractivity contribution in [2.75, 3.05) is 7.05 Å². The zero-order valence-corrected chi connectivity index (χ0v) is 14.1. The Hall–Kier alpha value is -0.870. The Bertz CT molecular complexity index is 488. The van der Waals surface area contributed by atoms with Crippen molar-refractivity contribution in [3.8, 4) is 0 Å².